The molecule has 0 unspecified atom stereocenters. The molecule has 0 aliphatic rings. The minimum absolute atomic E-state index is 0.108. The fourth-order valence-electron chi connectivity index (χ4n) is 2.33. The largest absolute Gasteiger partial charge is 0.350 e. The molecule has 3 aromatic rings. The summed E-state index contributed by atoms with van der Waals surface area (Å²) in [4.78, 5) is 24.8. The molecule has 0 saturated carbocycles. The second-order valence-electron chi connectivity index (χ2n) is 4.96. The second-order valence-corrected chi connectivity index (χ2v) is 5.40. The number of carbonyl (C=O) groups is 1. The minimum Gasteiger partial charge on any atom is -0.350 e. The number of halogens is 1. The number of benzene rings is 2. The molecule has 0 saturated heterocycles. The predicted octanol–water partition coefficient (Wildman–Crippen LogP) is 3.44. The van der Waals surface area contributed by atoms with E-state index in [4.69, 9.17) is 11.6 Å². The zero-order valence-electron chi connectivity index (χ0n) is 11.8. The Labute approximate surface area is 132 Å². The van der Waals surface area contributed by atoms with Crippen molar-refractivity contribution in [1.82, 2.24) is 4.57 Å². The third kappa shape index (κ3) is 2.61. The Morgan fingerprint density at radius 3 is 2.50 bits per heavy atom. The predicted molar refractivity (Wildman–Crippen MR) is 88.6 cm³/mol. The second kappa shape index (κ2) is 5.66. The van der Waals surface area contributed by atoms with E-state index in [2.05, 4.69) is 5.32 Å². The Kier molecular flexibility index (Phi) is 3.69. The smallest absolute Gasteiger partial charge is 0.261 e. The first-order valence-electron chi connectivity index (χ1n) is 6.71. The Bertz CT molecular complexity index is 914. The van der Waals surface area contributed by atoms with Crippen LogP contribution in [-0.4, -0.2) is 10.5 Å². The highest BCUT2D eigenvalue weighted by Gasteiger charge is 2.14. The summed E-state index contributed by atoms with van der Waals surface area (Å²) in [5, 5.41) is 3.81. The molecule has 4 nitrogen and oxygen atoms in total. The molecule has 1 amide bonds. The van der Waals surface area contributed by atoms with Crippen LogP contribution in [-0.2, 0) is 7.05 Å². The summed E-state index contributed by atoms with van der Waals surface area (Å²) in [5.74, 6) is -0.436. The maximum absolute atomic E-state index is 12.5. The lowest BCUT2D eigenvalue weighted by molar-refractivity contribution is 0.102. The number of hydrogen-bond donors (Lipinski definition) is 1. The molecular formula is C17H13ClN2O2. The molecule has 0 bridgehead atoms. The summed E-state index contributed by atoms with van der Waals surface area (Å²) in [6.45, 7) is 0. The maximum Gasteiger partial charge on any atom is 0.261 e. The number of nitrogens with one attached hydrogen (secondary N) is 1. The SMILES string of the molecule is Cn1cc(C(=O)Nc2ccc(Cl)cc2)c(=O)c2ccccc21. The lowest BCUT2D eigenvalue weighted by Gasteiger charge is -2.09. The number of aromatic nitrogens is 1. The van der Waals surface area contributed by atoms with Gasteiger partial charge < -0.3 is 9.88 Å². The number of aryl methyl sites for hydroxylation is 1. The van der Waals surface area contributed by atoms with Gasteiger partial charge >= 0.3 is 0 Å². The van der Waals surface area contributed by atoms with E-state index in [1.807, 2.05) is 12.1 Å². The standard InChI is InChI=1S/C17H13ClN2O2/c1-20-10-14(16(21)13-4-2-3-5-15(13)20)17(22)19-12-8-6-11(18)7-9-12/h2-10H,1H3,(H,19,22). The molecule has 0 fully saturated rings. The van der Waals surface area contributed by atoms with E-state index in [1.165, 1.54) is 0 Å². The van der Waals surface area contributed by atoms with Gasteiger partial charge in [-0.25, -0.2) is 0 Å². The van der Waals surface area contributed by atoms with Crippen LogP contribution in [0, 0.1) is 0 Å². The molecule has 0 aliphatic heterocycles. The molecule has 3 rings (SSSR count). The molecule has 2 aromatic carbocycles. The zero-order valence-corrected chi connectivity index (χ0v) is 12.6. The third-order valence-corrected chi connectivity index (χ3v) is 3.69. The first-order chi connectivity index (χ1) is 10.6. The van der Waals surface area contributed by atoms with Crippen LogP contribution in [0.1, 0.15) is 10.4 Å². The Morgan fingerprint density at radius 2 is 1.77 bits per heavy atom. The molecular weight excluding hydrogens is 300 g/mol. The molecule has 0 spiro atoms. The number of nitrogens with zero attached hydrogens (tertiary/aromatic N) is 1. The van der Waals surface area contributed by atoms with Crippen LogP contribution in [0.3, 0.4) is 0 Å². The zero-order chi connectivity index (χ0) is 15.7. The van der Waals surface area contributed by atoms with Gasteiger partial charge in [0, 0.05) is 29.3 Å². The van der Waals surface area contributed by atoms with Crippen LogP contribution in [0.5, 0.6) is 0 Å². The van der Waals surface area contributed by atoms with E-state index in [0.29, 0.717) is 16.1 Å². The van der Waals surface area contributed by atoms with Gasteiger partial charge in [0.25, 0.3) is 5.91 Å². The highest BCUT2D eigenvalue weighted by molar-refractivity contribution is 6.30. The van der Waals surface area contributed by atoms with Gasteiger partial charge in [-0.1, -0.05) is 23.7 Å². The van der Waals surface area contributed by atoms with Crippen molar-refractivity contribution in [3.05, 3.63) is 75.5 Å². The number of hydrogen-bond acceptors (Lipinski definition) is 2. The first-order valence-corrected chi connectivity index (χ1v) is 7.09. The highest BCUT2D eigenvalue weighted by atomic mass is 35.5. The average molecular weight is 313 g/mol. The molecule has 0 atom stereocenters. The average Bonchev–Trinajstić information content (AvgIpc) is 2.53. The van der Waals surface area contributed by atoms with Gasteiger partial charge in [0.1, 0.15) is 5.56 Å². The number of anilines is 1. The summed E-state index contributed by atoms with van der Waals surface area (Å²) < 4.78 is 1.77. The van der Waals surface area contributed by atoms with Gasteiger partial charge in [0.15, 0.2) is 0 Å². The number of fused-ring (bicyclic) bond motifs is 1. The van der Waals surface area contributed by atoms with Crippen molar-refractivity contribution in [2.24, 2.45) is 7.05 Å². The van der Waals surface area contributed by atoms with Crippen LogP contribution < -0.4 is 10.7 Å². The lowest BCUT2D eigenvalue weighted by Crippen LogP contribution is -2.23. The van der Waals surface area contributed by atoms with E-state index in [9.17, 15) is 9.59 Å². The topological polar surface area (TPSA) is 51.1 Å². The summed E-state index contributed by atoms with van der Waals surface area (Å²) >= 11 is 5.81. The third-order valence-electron chi connectivity index (χ3n) is 3.44. The first kappa shape index (κ1) is 14.4. The Morgan fingerprint density at radius 1 is 1.09 bits per heavy atom. The quantitative estimate of drug-likeness (QED) is 0.788. The molecule has 1 N–H and O–H groups in total. The van der Waals surface area contributed by atoms with Crippen molar-refractivity contribution < 1.29 is 4.79 Å². The molecule has 22 heavy (non-hydrogen) atoms. The molecule has 1 heterocycles. The van der Waals surface area contributed by atoms with Crippen LogP contribution in [0.25, 0.3) is 10.9 Å². The van der Waals surface area contributed by atoms with Crippen LogP contribution >= 0.6 is 11.6 Å². The van der Waals surface area contributed by atoms with Crippen LogP contribution in [0.4, 0.5) is 5.69 Å². The van der Waals surface area contributed by atoms with Gasteiger partial charge in [-0.2, -0.15) is 0 Å². The van der Waals surface area contributed by atoms with Crippen molar-refractivity contribution in [2.45, 2.75) is 0 Å². The minimum atomic E-state index is -0.436. The van der Waals surface area contributed by atoms with Crippen molar-refractivity contribution >= 4 is 34.1 Å². The van der Waals surface area contributed by atoms with Gasteiger partial charge in [-0.15, -0.1) is 0 Å². The van der Waals surface area contributed by atoms with E-state index in [0.717, 1.165) is 5.52 Å². The fraction of sp³-hybridized carbons (Fsp3) is 0.0588. The number of carbonyl (C=O) groups excluding carboxylic acids is 1. The molecule has 110 valence electrons. The molecule has 1 aromatic heterocycles. The fourth-order valence-corrected chi connectivity index (χ4v) is 2.46. The summed E-state index contributed by atoms with van der Waals surface area (Å²) in [6.07, 6.45) is 1.55. The monoisotopic (exact) mass is 312 g/mol. The van der Waals surface area contributed by atoms with E-state index in [-0.39, 0.29) is 11.0 Å². The van der Waals surface area contributed by atoms with E-state index < -0.39 is 5.91 Å². The van der Waals surface area contributed by atoms with Gasteiger partial charge in [-0.3, -0.25) is 9.59 Å². The number of para-hydroxylation sites is 1. The molecule has 5 heteroatoms. The van der Waals surface area contributed by atoms with Gasteiger partial charge in [-0.05, 0) is 36.4 Å². The maximum atomic E-state index is 12.5. The van der Waals surface area contributed by atoms with Gasteiger partial charge in [0.05, 0.1) is 5.52 Å². The van der Waals surface area contributed by atoms with Crippen molar-refractivity contribution in [3.8, 4) is 0 Å². The van der Waals surface area contributed by atoms with Crippen molar-refractivity contribution in [2.75, 3.05) is 5.32 Å². The molecule has 0 aliphatic carbocycles. The van der Waals surface area contributed by atoms with Crippen LogP contribution in [0.2, 0.25) is 5.02 Å². The van der Waals surface area contributed by atoms with E-state index >= 15 is 0 Å². The van der Waals surface area contributed by atoms with E-state index in [1.54, 1.807) is 54.2 Å². The summed E-state index contributed by atoms with van der Waals surface area (Å²) in [7, 11) is 1.81. The number of rotatable bonds is 2. The summed E-state index contributed by atoms with van der Waals surface area (Å²) in [6, 6.07) is 13.9. The highest BCUT2D eigenvalue weighted by Crippen LogP contribution is 2.15. The normalized spacial score (nSPS) is 10.6. The Hall–Kier alpha value is -2.59. The lowest BCUT2D eigenvalue weighted by atomic mass is 10.1. The number of amides is 1. The number of pyridine rings is 1. The summed E-state index contributed by atoms with van der Waals surface area (Å²) in [5.41, 5.74) is 1.21. The van der Waals surface area contributed by atoms with Crippen molar-refractivity contribution in [3.63, 3.8) is 0 Å². The van der Waals surface area contributed by atoms with Crippen molar-refractivity contribution in [1.29, 1.82) is 0 Å². The molecule has 0 radical (unpaired) electrons. The van der Waals surface area contributed by atoms with Gasteiger partial charge in [0.2, 0.25) is 5.43 Å². The Balaban J connectivity index is 2.02. The van der Waals surface area contributed by atoms with Crippen LogP contribution in [0.15, 0.2) is 59.5 Å².